The van der Waals surface area contributed by atoms with Crippen LogP contribution in [-0.2, 0) is 4.74 Å². The van der Waals surface area contributed by atoms with Gasteiger partial charge in [0, 0.05) is 25.2 Å². The van der Waals surface area contributed by atoms with Crippen molar-refractivity contribution in [2.24, 2.45) is 5.92 Å². The second kappa shape index (κ2) is 7.47. The molecule has 1 aliphatic heterocycles. The average Bonchev–Trinajstić information content (AvgIpc) is 2.52. The molecule has 6 nitrogen and oxygen atoms in total. The van der Waals surface area contributed by atoms with Gasteiger partial charge >= 0.3 is 6.09 Å². The number of non-ortho nitro benzene ring substituents is 1. The molecule has 6 heteroatoms. The zero-order chi connectivity index (χ0) is 17.7. The van der Waals surface area contributed by atoms with Crippen molar-refractivity contribution in [3.8, 4) is 0 Å². The molecule has 1 aromatic rings. The zero-order valence-corrected chi connectivity index (χ0v) is 14.4. The second-order valence-electron chi connectivity index (χ2n) is 7.02. The minimum absolute atomic E-state index is 0.0943. The van der Waals surface area contributed by atoms with Crippen molar-refractivity contribution in [1.82, 2.24) is 4.90 Å². The number of allylic oxidation sites excluding steroid dienone is 1. The SMILES string of the molecule is CC(C)(C)OC(=O)N1CCC(/C=C/c2cccc([N+](=O)[O-])c2)CC1. The van der Waals surface area contributed by atoms with Gasteiger partial charge in [0.15, 0.2) is 0 Å². The van der Waals surface area contributed by atoms with Gasteiger partial charge in [-0.25, -0.2) is 4.79 Å². The topological polar surface area (TPSA) is 72.7 Å². The number of likely N-dealkylation sites (tertiary alicyclic amines) is 1. The van der Waals surface area contributed by atoms with E-state index >= 15 is 0 Å². The minimum atomic E-state index is -0.476. The summed E-state index contributed by atoms with van der Waals surface area (Å²) in [5.41, 5.74) is 0.436. The number of piperidine rings is 1. The zero-order valence-electron chi connectivity index (χ0n) is 14.4. The van der Waals surface area contributed by atoms with Gasteiger partial charge in [-0.3, -0.25) is 10.1 Å². The largest absolute Gasteiger partial charge is 0.444 e. The van der Waals surface area contributed by atoms with Crippen molar-refractivity contribution in [3.63, 3.8) is 0 Å². The molecular weight excluding hydrogens is 308 g/mol. The molecule has 0 N–H and O–H groups in total. The number of nitro groups is 1. The Labute approximate surface area is 142 Å². The number of ether oxygens (including phenoxy) is 1. The van der Waals surface area contributed by atoms with Gasteiger partial charge in [-0.05, 0) is 45.1 Å². The summed E-state index contributed by atoms with van der Waals surface area (Å²) >= 11 is 0. The van der Waals surface area contributed by atoms with Crippen LogP contribution >= 0.6 is 0 Å². The third kappa shape index (κ3) is 5.37. The molecule has 1 aromatic carbocycles. The maximum Gasteiger partial charge on any atom is 0.410 e. The summed E-state index contributed by atoms with van der Waals surface area (Å²) in [6.45, 7) is 6.91. The van der Waals surface area contributed by atoms with Gasteiger partial charge in [0.25, 0.3) is 5.69 Å². The van der Waals surface area contributed by atoms with Crippen LogP contribution in [0.25, 0.3) is 6.08 Å². The molecule has 1 fully saturated rings. The fourth-order valence-electron chi connectivity index (χ4n) is 2.59. The molecule has 1 heterocycles. The smallest absolute Gasteiger partial charge is 0.410 e. The highest BCUT2D eigenvalue weighted by atomic mass is 16.6. The van der Waals surface area contributed by atoms with Crippen molar-refractivity contribution in [2.45, 2.75) is 39.2 Å². The van der Waals surface area contributed by atoms with Crippen LogP contribution in [0.5, 0.6) is 0 Å². The van der Waals surface area contributed by atoms with E-state index < -0.39 is 10.5 Å². The first-order valence-electron chi connectivity index (χ1n) is 8.15. The van der Waals surface area contributed by atoms with Crippen LogP contribution in [0, 0.1) is 16.0 Å². The summed E-state index contributed by atoms with van der Waals surface area (Å²) in [7, 11) is 0. The molecule has 0 aromatic heterocycles. The summed E-state index contributed by atoms with van der Waals surface area (Å²) in [5, 5.41) is 10.8. The maximum atomic E-state index is 12.0. The lowest BCUT2D eigenvalue weighted by molar-refractivity contribution is -0.384. The van der Waals surface area contributed by atoms with E-state index in [1.165, 1.54) is 6.07 Å². The summed E-state index contributed by atoms with van der Waals surface area (Å²) < 4.78 is 5.38. The number of rotatable bonds is 3. The summed E-state index contributed by atoms with van der Waals surface area (Å²) in [4.78, 5) is 24.2. The number of hydrogen-bond donors (Lipinski definition) is 0. The van der Waals surface area contributed by atoms with Gasteiger partial charge in [0.2, 0.25) is 0 Å². The minimum Gasteiger partial charge on any atom is -0.444 e. The first-order valence-corrected chi connectivity index (χ1v) is 8.15. The molecule has 0 aliphatic carbocycles. The number of carbonyl (C=O) groups is 1. The van der Waals surface area contributed by atoms with E-state index in [2.05, 4.69) is 6.08 Å². The molecule has 0 unspecified atom stereocenters. The quantitative estimate of drug-likeness (QED) is 0.612. The average molecular weight is 332 g/mol. The van der Waals surface area contributed by atoms with E-state index in [0.29, 0.717) is 19.0 Å². The van der Waals surface area contributed by atoms with Crippen molar-refractivity contribution >= 4 is 17.9 Å². The fourth-order valence-corrected chi connectivity index (χ4v) is 2.59. The number of carbonyl (C=O) groups excluding carboxylic acids is 1. The number of benzene rings is 1. The summed E-state index contributed by atoms with van der Waals surface area (Å²) in [5.74, 6) is 0.364. The normalized spacial score (nSPS) is 16.4. The Hall–Kier alpha value is -2.37. The Morgan fingerprint density at radius 3 is 2.58 bits per heavy atom. The van der Waals surface area contributed by atoms with Crippen LogP contribution < -0.4 is 0 Å². The molecule has 1 amide bonds. The first-order chi connectivity index (χ1) is 11.2. The Balaban J connectivity index is 1.88. The molecule has 0 saturated carbocycles. The number of hydrogen-bond acceptors (Lipinski definition) is 4. The van der Waals surface area contributed by atoms with Gasteiger partial charge in [-0.1, -0.05) is 24.3 Å². The molecule has 1 aliphatic rings. The van der Waals surface area contributed by atoms with E-state index in [1.807, 2.05) is 32.9 Å². The van der Waals surface area contributed by atoms with Gasteiger partial charge in [0.05, 0.1) is 4.92 Å². The van der Waals surface area contributed by atoms with Crippen LogP contribution in [0.1, 0.15) is 39.2 Å². The van der Waals surface area contributed by atoms with Gasteiger partial charge in [-0.2, -0.15) is 0 Å². The molecule has 1 saturated heterocycles. The number of nitrogens with zero attached hydrogens (tertiary/aromatic N) is 2. The van der Waals surface area contributed by atoms with Crippen LogP contribution in [0.15, 0.2) is 30.3 Å². The highest BCUT2D eigenvalue weighted by Gasteiger charge is 2.25. The van der Waals surface area contributed by atoms with E-state index in [9.17, 15) is 14.9 Å². The van der Waals surface area contributed by atoms with Gasteiger partial charge in [-0.15, -0.1) is 0 Å². The Morgan fingerprint density at radius 1 is 1.33 bits per heavy atom. The van der Waals surface area contributed by atoms with Crippen LogP contribution in [0.4, 0.5) is 10.5 Å². The molecule has 2 rings (SSSR count). The van der Waals surface area contributed by atoms with Crippen molar-refractivity contribution in [3.05, 3.63) is 46.0 Å². The molecule has 0 atom stereocenters. The van der Waals surface area contributed by atoms with Crippen molar-refractivity contribution < 1.29 is 14.5 Å². The molecular formula is C18H24N2O4. The number of nitro benzene ring substituents is 1. The maximum absolute atomic E-state index is 12.0. The standard InChI is InChI=1S/C18H24N2O4/c1-18(2,3)24-17(21)19-11-9-14(10-12-19)7-8-15-5-4-6-16(13-15)20(22)23/h4-8,13-14H,9-12H2,1-3H3/b8-7+. The van der Waals surface area contributed by atoms with Crippen molar-refractivity contribution in [2.75, 3.05) is 13.1 Å². The van der Waals surface area contributed by atoms with E-state index in [1.54, 1.807) is 17.0 Å². The highest BCUT2D eigenvalue weighted by Crippen LogP contribution is 2.22. The third-order valence-electron chi connectivity index (χ3n) is 3.83. The van der Waals surface area contributed by atoms with E-state index in [4.69, 9.17) is 4.74 Å². The van der Waals surface area contributed by atoms with Crippen LogP contribution in [0.3, 0.4) is 0 Å². The number of amides is 1. The van der Waals surface area contributed by atoms with E-state index in [0.717, 1.165) is 18.4 Å². The first kappa shape index (κ1) is 18.0. The van der Waals surface area contributed by atoms with Crippen LogP contribution in [0.2, 0.25) is 0 Å². The van der Waals surface area contributed by atoms with Gasteiger partial charge in [0.1, 0.15) is 5.60 Å². The predicted octanol–water partition coefficient (Wildman–Crippen LogP) is 4.26. The molecule has 0 spiro atoms. The van der Waals surface area contributed by atoms with Gasteiger partial charge < -0.3 is 9.64 Å². The van der Waals surface area contributed by atoms with E-state index in [-0.39, 0.29) is 11.8 Å². The highest BCUT2D eigenvalue weighted by molar-refractivity contribution is 5.68. The second-order valence-corrected chi connectivity index (χ2v) is 7.02. The molecule has 0 radical (unpaired) electrons. The lowest BCUT2D eigenvalue weighted by Crippen LogP contribution is -2.41. The summed E-state index contributed by atoms with van der Waals surface area (Å²) in [6, 6.07) is 6.57. The lowest BCUT2D eigenvalue weighted by Gasteiger charge is -2.32. The van der Waals surface area contributed by atoms with Crippen molar-refractivity contribution in [1.29, 1.82) is 0 Å². The third-order valence-corrected chi connectivity index (χ3v) is 3.83. The lowest BCUT2D eigenvalue weighted by atomic mass is 9.96. The Morgan fingerprint density at radius 2 is 2.00 bits per heavy atom. The molecule has 24 heavy (non-hydrogen) atoms. The monoisotopic (exact) mass is 332 g/mol. The molecule has 0 bridgehead atoms. The molecule has 130 valence electrons. The fraction of sp³-hybridized carbons (Fsp3) is 0.500. The predicted molar refractivity (Wildman–Crippen MR) is 92.7 cm³/mol. The summed E-state index contributed by atoms with van der Waals surface area (Å²) in [6.07, 6.45) is 5.46. The Kier molecular flexibility index (Phi) is 5.59. The van der Waals surface area contributed by atoms with Crippen LogP contribution in [-0.4, -0.2) is 34.6 Å². The Bertz CT molecular complexity index is 626.